The third-order valence-corrected chi connectivity index (χ3v) is 9.16. The van der Waals surface area contributed by atoms with Gasteiger partial charge in [-0.25, -0.2) is 0 Å². The Morgan fingerprint density at radius 2 is 1.89 bits per heavy atom. The molecule has 3 heterocycles. The summed E-state index contributed by atoms with van der Waals surface area (Å²) in [5.41, 5.74) is -1.12. The fraction of sp³-hybridized carbons (Fsp3) is 0.588. The third kappa shape index (κ3) is 6.06. The zero-order valence-corrected chi connectivity index (χ0v) is 26.5. The van der Waals surface area contributed by atoms with Crippen LogP contribution < -0.4 is 5.32 Å². The number of aliphatic hydroxyl groups excluding tert-OH is 1. The lowest BCUT2D eigenvalue weighted by Crippen LogP contribution is -2.61. The standard InChI is InChI=1S/C34H47N3O7/c1-8-10-16-25(39)35-22(4)28(23-14-12-11-13-15-23)43-32(42)26-24-17-18-34(44-24)27(26)30(40)37(21(3)20-38)29(34)31(41)36(19-9-2)33(5,6)7/h8-9,11-15,21-22,24,26-29,38H,1-2,10,16-20H2,3-7H3,(H,35,39)/t21-,22-,24+,26-,27-,28-,29+,34-/m1/s1. The van der Waals surface area contributed by atoms with Gasteiger partial charge in [-0.15, -0.1) is 13.2 Å². The predicted molar refractivity (Wildman–Crippen MR) is 165 cm³/mol. The van der Waals surface area contributed by atoms with E-state index in [1.54, 1.807) is 30.9 Å². The summed E-state index contributed by atoms with van der Waals surface area (Å²) in [6.07, 6.45) is 3.56. The highest BCUT2D eigenvalue weighted by Gasteiger charge is 2.75. The second kappa shape index (κ2) is 13.2. The van der Waals surface area contributed by atoms with Gasteiger partial charge in [0.15, 0.2) is 0 Å². The van der Waals surface area contributed by atoms with Gasteiger partial charge in [0, 0.05) is 18.5 Å². The first-order chi connectivity index (χ1) is 20.8. The number of nitrogens with zero attached hydrogens (tertiary/aromatic N) is 2. The SMILES string of the molecule is C=CCCC(=O)N[C@H](C)[C@@H](OC(=O)[C@@H]1[C@@H]2CC[C@]3(O2)[C@H](C(=O)N(CC=C)C(C)(C)C)N([C@H](C)CO)C(=O)[C@@H]13)c1ccccc1. The van der Waals surface area contributed by atoms with Gasteiger partial charge in [0.1, 0.15) is 17.7 Å². The van der Waals surface area contributed by atoms with Crippen LogP contribution >= 0.6 is 0 Å². The van der Waals surface area contributed by atoms with Gasteiger partial charge < -0.3 is 29.7 Å². The first-order valence-corrected chi connectivity index (χ1v) is 15.5. The molecule has 10 nitrogen and oxygen atoms in total. The van der Waals surface area contributed by atoms with E-state index >= 15 is 0 Å². The molecule has 4 rings (SSSR count). The van der Waals surface area contributed by atoms with E-state index in [9.17, 15) is 24.3 Å². The number of hydrogen-bond acceptors (Lipinski definition) is 7. The number of carbonyl (C=O) groups is 4. The summed E-state index contributed by atoms with van der Waals surface area (Å²) < 4.78 is 12.7. The number of ether oxygens (including phenoxy) is 2. The molecule has 3 aliphatic heterocycles. The Balaban J connectivity index is 1.68. The fourth-order valence-electron chi connectivity index (χ4n) is 7.11. The van der Waals surface area contributed by atoms with E-state index in [4.69, 9.17) is 9.47 Å². The molecule has 1 aromatic carbocycles. The minimum atomic E-state index is -1.23. The van der Waals surface area contributed by atoms with Gasteiger partial charge in [0.25, 0.3) is 0 Å². The molecule has 3 fully saturated rings. The van der Waals surface area contributed by atoms with E-state index in [1.807, 2.05) is 51.1 Å². The Morgan fingerprint density at radius 3 is 2.48 bits per heavy atom. The average molecular weight is 610 g/mol. The molecule has 2 N–H and O–H groups in total. The van der Waals surface area contributed by atoms with E-state index in [-0.39, 0.29) is 31.4 Å². The first kappa shape index (κ1) is 33.4. The molecule has 0 aromatic heterocycles. The number of amides is 3. The highest BCUT2D eigenvalue weighted by molar-refractivity contribution is 5.98. The first-order valence-electron chi connectivity index (χ1n) is 15.5. The number of carbonyl (C=O) groups excluding carboxylic acids is 4. The molecule has 10 heteroatoms. The van der Waals surface area contributed by atoms with Gasteiger partial charge >= 0.3 is 5.97 Å². The van der Waals surface area contributed by atoms with E-state index in [1.165, 1.54) is 4.90 Å². The molecule has 2 bridgehead atoms. The van der Waals surface area contributed by atoms with Crippen LogP contribution in [0.2, 0.25) is 0 Å². The minimum absolute atomic E-state index is 0.194. The zero-order valence-electron chi connectivity index (χ0n) is 26.5. The molecular weight excluding hydrogens is 562 g/mol. The molecule has 240 valence electrons. The predicted octanol–water partition coefficient (Wildman–Crippen LogP) is 3.31. The van der Waals surface area contributed by atoms with Crippen LogP contribution in [0.5, 0.6) is 0 Å². The molecule has 1 spiro atoms. The van der Waals surface area contributed by atoms with E-state index < -0.39 is 65.2 Å². The summed E-state index contributed by atoms with van der Waals surface area (Å²) in [5, 5.41) is 13.1. The number of hydrogen-bond donors (Lipinski definition) is 2. The van der Waals surface area contributed by atoms with Crippen molar-refractivity contribution < 1.29 is 33.8 Å². The van der Waals surface area contributed by atoms with Crippen LogP contribution in [0.25, 0.3) is 0 Å². The topological polar surface area (TPSA) is 125 Å². The number of rotatable bonds is 13. The van der Waals surface area contributed by atoms with Crippen LogP contribution in [0.1, 0.15) is 72.0 Å². The van der Waals surface area contributed by atoms with Crippen LogP contribution in [-0.4, -0.2) is 87.1 Å². The smallest absolute Gasteiger partial charge is 0.313 e. The second-order valence-corrected chi connectivity index (χ2v) is 13.2. The van der Waals surface area contributed by atoms with Gasteiger partial charge in [-0.3, -0.25) is 19.2 Å². The number of nitrogens with one attached hydrogen (secondary N) is 1. The molecule has 3 aliphatic rings. The van der Waals surface area contributed by atoms with E-state index in [0.717, 1.165) is 0 Å². The summed E-state index contributed by atoms with van der Waals surface area (Å²) in [6.45, 7) is 16.6. The Morgan fingerprint density at radius 1 is 1.20 bits per heavy atom. The largest absolute Gasteiger partial charge is 0.455 e. The maximum Gasteiger partial charge on any atom is 0.313 e. The van der Waals surface area contributed by atoms with Gasteiger partial charge in [-0.2, -0.15) is 0 Å². The molecule has 1 aromatic rings. The van der Waals surface area contributed by atoms with Gasteiger partial charge in [-0.1, -0.05) is 42.5 Å². The Kier molecular flexibility index (Phi) is 10.0. The van der Waals surface area contributed by atoms with Crippen LogP contribution in [0.15, 0.2) is 55.6 Å². The maximum atomic E-state index is 14.4. The number of allylic oxidation sites excluding steroid dienone is 1. The highest BCUT2D eigenvalue weighted by Crippen LogP contribution is 2.59. The van der Waals surface area contributed by atoms with Crippen molar-refractivity contribution in [3.05, 3.63) is 61.2 Å². The molecule has 8 atom stereocenters. The highest BCUT2D eigenvalue weighted by atomic mass is 16.6. The van der Waals surface area contributed by atoms with E-state index in [2.05, 4.69) is 18.5 Å². The Labute approximate surface area is 260 Å². The Bertz CT molecular complexity index is 1260. The number of fused-ring (bicyclic) bond motifs is 1. The van der Waals surface area contributed by atoms with Crippen LogP contribution in [-0.2, 0) is 28.7 Å². The van der Waals surface area contributed by atoms with Gasteiger partial charge in [0.2, 0.25) is 17.7 Å². The average Bonchev–Trinajstić information content (AvgIpc) is 3.63. The lowest BCUT2D eigenvalue weighted by atomic mass is 9.70. The molecule has 3 amide bonds. The molecule has 0 radical (unpaired) electrons. The summed E-state index contributed by atoms with van der Waals surface area (Å²) in [6, 6.07) is 6.89. The number of likely N-dealkylation sites (tertiary alicyclic amines) is 1. The lowest BCUT2D eigenvalue weighted by Gasteiger charge is -2.43. The van der Waals surface area contributed by atoms with Crippen molar-refractivity contribution >= 4 is 23.7 Å². The third-order valence-electron chi connectivity index (χ3n) is 9.16. The Hall–Kier alpha value is -3.50. The zero-order chi connectivity index (χ0) is 32.4. The summed E-state index contributed by atoms with van der Waals surface area (Å²) >= 11 is 0. The molecule has 0 unspecified atom stereocenters. The molecular formula is C34H47N3O7. The van der Waals surface area contributed by atoms with Crippen LogP contribution in [0, 0.1) is 11.8 Å². The molecule has 3 saturated heterocycles. The van der Waals surface area contributed by atoms with Gasteiger partial charge in [0.05, 0.1) is 36.6 Å². The van der Waals surface area contributed by atoms with Crippen molar-refractivity contribution in [1.29, 1.82) is 0 Å². The van der Waals surface area contributed by atoms with Crippen molar-refractivity contribution in [2.24, 2.45) is 11.8 Å². The number of aliphatic hydroxyl groups is 1. The van der Waals surface area contributed by atoms with Crippen molar-refractivity contribution in [1.82, 2.24) is 15.1 Å². The number of benzene rings is 1. The molecule has 0 saturated carbocycles. The van der Waals surface area contributed by atoms with Crippen molar-refractivity contribution in [3.8, 4) is 0 Å². The van der Waals surface area contributed by atoms with Crippen LogP contribution in [0.4, 0.5) is 0 Å². The van der Waals surface area contributed by atoms with Crippen molar-refractivity contribution in [3.63, 3.8) is 0 Å². The quantitative estimate of drug-likeness (QED) is 0.260. The van der Waals surface area contributed by atoms with E-state index in [0.29, 0.717) is 24.8 Å². The van der Waals surface area contributed by atoms with Crippen molar-refractivity contribution in [2.45, 2.75) is 102 Å². The van der Waals surface area contributed by atoms with Crippen molar-refractivity contribution in [2.75, 3.05) is 13.2 Å². The second-order valence-electron chi connectivity index (χ2n) is 13.2. The lowest BCUT2D eigenvalue weighted by molar-refractivity contribution is -0.162. The monoisotopic (exact) mass is 609 g/mol. The summed E-state index contributed by atoms with van der Waals surface area (Å²) in [4.78, 5) is 58.4. The normalized spacial score (nSPS) is 27.7. The minimum Gasteiger partial charge on any atom is -0.455 e. The molecule has 0 aliphatic carbocycles. The summed E-state index contributed by atoms with van der Waals surface area (Å²) in [5.74, 6) is -3.40. The van der Waals surface area contributed by atoms with Gasteiger partial charge in [-0.05, 0) is 59.4 Å². The van der Waals surface area contributed by atoms with Crippen LogP contribution in [0.3, 0.4) is 0 Å². The molecule has 44 heavy (non-hydrogen) atoms. The number of esters is 1. The maximum absolute atomic E-state index is 14.4. The summed E-state index contributed by atoms with van der Waals surface area (Å²) in [7, 11) is 0. The fourth-order valence-corrected chi connectivity index (χ4v) is 7.11.